The Kier molecular flexibility index (Phi) is 11.2. The van der Waals surface area contributed by atoms with Crippen LogP contribution in [0.15, 0.2) is 46.7 Å². The Balaban J connectivity index is 1.68. The third kappa shape index (κ3) is 8.17. The van der Waals surface area contributed by atoms with E-state index in [4.69, 9.17) is 40.4 Å². The second-order valence-electron chi connectivity index (χ2n) is 8.63. The highest BCUT2D eigenvalue weighted by atomic mass is 35.5. The van der Waals surface area contributed by atoms with E-state index in [-0.39, 0.29) is 28.7 Å². The number of hydrogen-bond acceptors (Lipinski definition) is 11. The van der Waals surface area contributed by atoms with E-state index in [1.165, 1.54) is 32.6 Å². The van der Waals surface area contributed by atoms with Crippen molar-refractivity contribution in [3.8, 4) is 23.0 Å². The number of aliphatic carboxylic acids is 1. The molecule has 226 valence electrons. The van der Waals surface area contributed by atoms with E-state index in [1.807, 2.05) is 0 Å². The third-order valence-electron chi connectivity index (χ3n) is 5.70. The molecule has 1 aliphatic rings. The number of rotatable bonds is 14. The summed E-state index contributed by atoms with van der Waals surface area (Å²) < 4.78 is 26.7. The zero-order valence-corrected chi connectivity index (χ0v) is 24.0. The van der Waals surface area contributed by atoms with Gasteiger partial charge in [-0.3, -0.25) is 5.43 Å². The van der Waals surface area contributed by atoms with Crippen LogP contribution in [0.3, 0.4) is 0 Å². The first-order valence-corrected chi connectivity index (χ1v) is 12.9. The van der Waals surface area contributed by atoms with Gasteiger partial charge in [0.2, 0.25) is 0 Å². The average Bonchev–Trinajstić information content (AvgIpc) is 2.94. The first kappa shape index (κ1) is 31.8. The maximum Gasteiger partial charge on any atom is 0.341 e. The van der Waals surface area contributed by atoms with Crippen molar-refractivity contribution in [3.63, 3.8) is 0 Å². The van der Waals surface area contributed by atoms with Crippen LogP contribution in [0.2, 0.25) is 5.02 Å². The molecule has 2 atom stereocenters. The number of carbonyl (C=O) groups is 3. The van der Waals surface area contributed by atoms with Gasteiger partial charge in [0.05, 0.1) is 43.7 Å². The summed E-state index contributed by atoms with van der Waals surface area (Å²) in [5.41, 5.74) is 4.16. The van der Waals surface area contributed by atoms with Crippen molar-refractivity contribution in [2.75, 3.05) is 34.0 Å². The molecule has 0 fully saturated rings. The Morgan fingerprint density at radius 3 is 2.57 bits per heavy atom. The van der Waals surface area contributed by atoms with Crippen LogP contribution in [-0.2, 0) is 14.3 Å². The normalized spacial score (nSPS) is 15.4. The number of amides is 2. The fourth-order valence-electron chi connectivity index (χ4n) is 3.91. The molecule has 3 rings (SSSR count). The molecule has 0 bridgehead atoms. The van der Waals surface area contributed by atoms with Crippen molar-refractivity contribution >= 4 is 35.8 Å². The number of methoxy groups -OCH3 is 2. The predicted octanol–water partition coefficient (Wildman–Crippen LogP) is 2.33. The SMILES string of the molecule is CCOc1cc([C@@H]2NC(=O)NC(C)=C2C(=O)OC)ccc1OC[C@@H](O)N/N=C\c1cc(Cl)c(OCC(=O)O)c(OC)c1. The van der Waals surface area contributed by atoms with Crippen LogP contribution in [0, 0.1) is 0 Å². The standard InChI is InChI=1S/C27H31ClN4O10/c1-5-40-19-10-16(24-23(26(36)39-4)14(2)30-27(37)31-24)6-7-18(19)41-12-21(33)32-29-11-15-8-17(28)25(20(9-15)38-3)42-13-22(34)35/h6-11,21,24,32-33H,5,12-13H2,1-4H3,(H,34,35)(H2,30,31,37)/b29-11-/t21-,24+/m1/s1. The third-order valence-corrected chi connectivity index (χ3v) is 5.98. The van der Waals surface area contributed by atoms with Gasteiger partial charge < -0.3 is 44.5 Å². The quantitative estimate of drug-likeness (QED) is 0.0919. The number of nitrogens with zero attached hydrogens (tertiary/aromatic N) is 1. The monoisotopic (exact) mass is 606 g/mol. The molecule has 1 heterocycles. The van der Waals surface area contributed by atoms with Crippen LogP contribution in [0.5, 0.6) is 23.0 Å². The number of urea groups is 1. The van der Waals surface area contributed by atoms with Crippen molar-refractivity contribution in [1.82, 2.24) is 16.1 Å². The lowest BCUT2D eigenvalue weighted by Gasteiger charge is -2.28. The van der Waals surface area contributed by atoms with Gasteiger partial charge in [-0.15, -0.1) is 0 Å². The maximum atomic E-state index is 12.4. The van der Waals surface area contributed by atoms with E-state index in [0.29, 0.717) is 34.9 Å². The van der Waals surface area contributed by atoms with Crippen molar-refractivity contribution in [1.29, 1.82) is 0 Å². The minimum Gasteiger partial charge on any atom is -0.493 e. The number of ether oxygens (including phenoxy) is 5. The number of carboxylic acid groups (broad SMARTS) is 1. The Morgan fingerprint density at radius 1 is 1.14 bits per heavy atom. The van der Waals surface area contributed by atoms with Gasteiger partial charge in [-0.1, -0.05) is 17.7 Å². The van der Waals surface area contributed by atoms with Crippen LogP contribution >= 0.6 is 11.6 Å². The topological polar surface area (TPSA) is 186 Å². The molecule has 2 amide bonds. The number of carboxylic acids is 1. The lowest BCUT2D eigenvalue weighted by atomic mass is 9.95. The molecule has 15 heteroatoms. The molecule has 0 saturated heterocycles. The number of allylic oxidation sites excluding steroid dienone is 1. The van der Waals surface area contributed by atoms with E-state index < -0.39 is 36.8 Å². The van der Waals surface area contributed by atoms with Crippen LogP contribution in [0.25, 0.3) is 0 Å². The Morgan fingerprint density at radius 2 is 1.90 bits per heavy atom. The van der Waals surface area contributed by atoms with Gasteiger partial charge in [-0.25, -0.2) is 14.4 Å². The average molecular weight is 607 g/mol. The number of benzene rings is 2. The Hall–Kier alpha value is -4.69. The van der Waals surface area contributed by atoms with Crippen molar-refractivity contribution in [3.05, 3.63) is 57.8 Å². The van der Waals surface area contributed by atoms with E-state index in [1.54, 1.807) is 32.0 Å². The lowest BCUT2D eigenvalue weighted by Crippen LogP contribution is -2.45. The van der Waals surface area contributed by atoms with Crippen molar-refractivity contribution in [2.24, 2.45) is 5.10 Å². The maximum absolute atomic E-state index is 12.4. The highest BCUT2D eigenvalue weighted by molar-refractivity contribution is 6.32. The summed E-state index contributed by atoms with van der Waals surface area (Å²) in [6, 6.07) is 6.63. The Labute approximate surface area is 246 Å². The van der Waals surface area contributed by atoms with Crippen LogP contribution < -0.4 is 35.0 Å². The predicted molar refractivity (Wildman–Crippen MR) is 150 cm³/mol. The smallest absolute Gasteiger partial charge is 0.341 e. The largest absolute Gasteiger partial charge is 0.493 e. The highest BCUT2D eigenvalue weighted by Crippen LogP contribution is 2.36. The second-order valence-corrected chi connectivity index (χ2v) is 9.04. The molecule has 0 aromatic heterocycles. The van der Waals surface area contributed by atoms with Gasteiger partial charge in [0.15, 0.2) is 35.8 Å². The number of halogens is 1. The summed E-state index contributed by atoms with van der Waals surface area (Å²) >= 11 is 6.19. The lowest BCUT2D eigenvalue weighted by molar-refractivity contribution is -0.139. The number of hydrogen-bond donors (Lipinski definition) is 5. The van der Waals surface area contributed by atoms with Gasteiger partial charge in [-0.2, -0.15) is 5.10 Å². The summed E-state index contributed by atoms with van der Waals surface area (Å²) in [4.78, 5) is 35.3. The first-order chi connectivity index (χ1) is 20.1. The first-order valence-electron chi connectivity index (χ1n) is 12.5. The second kappa shape index (κ2) is 14.8. The van der Waals surface area contributed by atoms with E-state index in [9.17, 15) is 19.5 Å². The van der Waals surface area contributed by atoms with Gasteiger partial charge in [0.25, 0.3) is 0 Å². The number of aliphatic hydroxyl groups is 1. The summed E-state index contributed by atoms with van der Waals surface area (Å²) in [5, 5.41) is 28.5. The zero-order chi connectivity index (χ0) is 30.8. The molecular weight excluding hydrogens is 576 g/mol. The molecule has 0 aliphatic carbocycles. The molecule has 0 spiro atoms. The van der Waals surface area contributed by atoms with Gasteiger partial charge in [-0.05, 0) is 49.2 Å². The van der Waals surface area contributed by atoms with E-state index in [0.717, 1.165) is 0 Å². The van der Waals surface area contributed by atoms with E-state index in [2.05, 4.69) is 21.2 Å². The summed E-state index contributed by atoms with van der Waals surface area (Å²) in [5.74, 6) is -0.854. The number of hydrazone groups is 1. The van der Waals surface area contributed by atoms with E-state index >= 15 is 0 Å². The zero-order valence-electron chi connectivity index (χ0n) is 23.2. The molecule has 1 aliphatic heterocycles. The molecule has 0 unspecified atom stereocenters. The number of esters is 1. The fourth-order valence-corrected chi connectivity index (χ4v) is 4.18. The van der Waals surface area contributed by atoms with Crippen molar-refractivity contribution in [2.45, 2.75) is 26.1 Å². The number of carbonyl (C=O) groups excluding carboxylic acids is 2. The van der Waals surface area contributed by atoms with Crippen molar-refractivity contribution < 1.29 is 48.3 Å². The molecular formula is C27H31ClN4O10. The minimum absolute atomic E-state index is 0.0754. The Bertz CT molecular complexity index is 1380. The summed E-state index contributed by atoms with van der Waals surface area (Å²) in [6.45, 7) is 2.87. The number of nitrogens with one attached hydrogen (secondary N) is 3. The molecule has 0 radical (unpaired) electrons. The minimum atomic E-state index is -1.23. The van der Waals surface area contributed by atoms with Gasteiger partial charge in [0, 0.05) is 5.70 Å². The van der Waals surface area contributed by atoms with Crippen LogP contribution in [-0.4, -0.2) is 74.7 Å². The summed E-state index contributed by atoms with van der Waals surface area (Å²) in [7, 11) is 2.63. The van der Waals surface area contributed by atoms with Crippen LogP contribution in [0.1, 0.15) is 31.0 Å². The fraction of sp³-hybridized carbons (Fsp3) is 0.333. The molecule has 2 aromatic carbocycles. The number of aliphatic hydroxyl groups excluding tert-OH is 1. The molecule has 42 heavy (non-hydrogen) atoms. The van der Waals surface area contributed by atoms with Gasteiger partial charge >= 0.3 is 18.0 Å². The molecule has 5 N–H and O–H groups in total. The molecule has 0 saturated carbocycles. The van der Waals surface area contributed by atoms with Gasteiger partial charge in [0.1, 0.15) is 6.61 Å². The molecule has 2 aromatic rings. The van der Waals surface area contributed by atoms with Crippen LogP contribution in [0.4, 0.5) is 4.79 Å². The summed E-state index contributed by atoms with van der Waals surface area (Å²) in [6.07, 6.45) is 0.131. The molecule has 14 nitrogen and oxygen atoms in total. The highest BCUT2D eigenvalue weighted by Gasteiger charge is 2.32.